The average molecular weight is 389 g/mol. The fraction of sp³-hybridized carbons (Fsp3) is 0.647. The molecule has 1 atom stereocenters. The van der Waals surface area contributed by atoms with Crippen molar-refractivity contribution in [2.24, 2.45) is 0 Å². The lowest BCUT2D eigenvalue weighted by Crippen LogP contribution is -2.59. The van der Waals surface area contributed by atoms with Crippen molar-refractivity contribution in [2.75, 3.05) is 19.8 Å². The van der Waals surface area contributed by atoms with E-state index in [4.69, 9.17) is 13.3 Å². The Balaban J connectivity index is 3.26. The van der Waals surface area contributed by atoms with Crippen molar-refractivity contribution in [1.82, 2.24) is 0 Å². The second-order valence-electron chi connectivity index (χ2n) is 5.31. The summed E-state index contributed by atoms with van der Waals surface area (Å²) in [7, 11) is -2.89. The molecule has 1 unspecified atom stereocenters. The summed E-state index contributed by atoms with van der Waals surface area (Å²) < 4.78 is 17.8. The van der Waals surface area contributed by atoms with Gasteiger partial charge in [0.15, 0.2) is 0 Å². The van der Waals surface area contributed by atoms with E-state index in [0.29, 0.717) is 19.8 Å². The smallest absolute Gasteiger partial charge is 0.373 e. The molecule has 1 rings (SSSR count). The van der Waals surface area contributed by atoms with Crippen LogP contribution in [0.1, 0.15) is 52.2 Å². The second-order valence-corrected chi connectivity index (χ2v) is 10.6. The van der Waals surface area contributed by atoms with Gasteiger partial charge in [-0.1, -0.05) is 53.5 Å². The number of aryl methyl sites for hydroxylation is 1. The SMILES string of the molecule is CCCc1cccc(C(C)(Br)[Si](OCC)(OCC)OCC)c1. The van der Waals surface area contributed by atoms with Gasteiger partial charge in [-0.25, -0.2) is 0 Å². The molecule has 0 amide bonds. The lowest BCUT2D eigenvalue weighted by Gasteiger charge is -2.39. The highest BCUT2D eigenvalue weighted by Crippen LogP contribution is 2.42. The minimum absolute atomic E-state index is 0.466. The van der Waals surface area contributed by atoms with Crippen LogP contribution in [0.2, 0.25) is 0 Å². The molecule has 0 aliphatic heterocycles. The second kappa shape index (κ2) is 9.18. The Morgan fingerprint density at radius 1 is 1.00 bits per heavy atom. The quantitative estimate of drug-likeness (QED) is 0.424. The number of hydrogen-bond acceptors (Lipinski definition) is 3. The standard InChI is InChI=1S/C17H29BrO3Si/c1-6-11-15-12-10-13-16(14-15)17(5,18)22(19-7-2,20-8-3)21-9-4/h10,12-14H,6-9,11H2,1-5H3. The molecule has 0 spiro atoms. The molecule has 3 nitrogen and oxygen atoms in total. The molecule has 0 saturated carbocycles. The molecule has 1 aromatic carbocycles. The molecule has 126 valence electrons. The summed E-state index contributed by atoms with van der Waals surface area (Å²) in [6.45, 7) is 12.0. The van der Waals surface area contributed by atoms with Crippen molar-refractivity contribution in [1.29, 1.82) is 0 Å². The molecule has 0 N–H and O–H groups in total. The third-order valence-electron chi connectivity index (χ3n) is 3.59. The van der Waals surface area contributed by atoms with E-state index in [1.165, 1.54) is 5.56 Å². The van der Waals surface area contributed by atoms with E-state index in [9.17, 15) is 0 Å². The number of rotatable bonds is 10. The highest BCUT2D eigenvalue weighted by atomic mass is 79.9. The molecule has 0 aromatic heterocycles. The van der Waals surface area contributed by atoms with E-state index < -0.39 is 12.8 Å². The first-order valence-corrected chi connectivity index (χ1v) is 10.7. The van der Waals surface area contributed by atoms with Crippen molar-refractivity contribution in [3.63, 3.8) is 0 Å². The van der Waals surface area contributed by atoms with Gasteiger partial charge in [0.2, 0.25) is 0 Å². The largest absolute Gasteiger partial charge is 0.522 e. The topological polar surface area (TPSA) is 27.7 Å². The predicted octanol–water partition coefficient (Wildman–Crippen LogP) is 4.84. The molecule has 5 heteroatoms. The van der Waals surface area contributed by atoms with Crippen molar-refractivity contribution in [3.8, 4) is 0 Å². The molecule has 0 saturated heterocycles. The van der Waals surface area contributed by atoms with Gasteiger partial charge in [0, 0.05) is 19.8 Å². The molecular weight excluding hydrogens is 360 g/mol. The van der Waals surface area contributed by atoms with Gasteiger partial charge in [-0.3, -0.25) is 0 Å². The summed E-state index contributed by atoms with van der Waals surface area (Å²) in [5.41, 5.74) is 2.48. The van der Waals surface area contributed by atoms with Crippen LogP contribution in [-0.2, 0) is 23.6 Å². The first-order chi connectivity index (χ1) is 10.5. The van der Waals surface area contributed by atoms with E-state index in [1.54, 1.807) is 0 Å². The lowest BCUT2D eigenvalue weighted by atomic mass is 10.1. The summed E-state index contributed by atoms with van der Waals surface area (Å²) >= 11 is 3.89. The van der Waals surface area contributed by atoms with Gasteiger partial charge in [-0.2, -0.15) is 0 Å². The van der Waals surface area contributed by atoms with Crippen molar-refractivity contribution in [2.45, 2.75) is 51.4 Å². The first-order valence-electron chi connectivity index (χ1n) is 8.17. The number of benzene rings is 1. The Morgan fingerprint density at radius 2 is 1.55 bits per heavy atom. The molecule has 0 heterocycles. The van der Waals surface area contributed by atoms with E-state index in [-0.39, 0.29) is 0 Å². The molecule has 0 aliphatic rings. The highest BCUT2D eigenvalue weighted by Gasteiger charge is 2.58. The van der Waals surface area contributed by atoms with Crippen LogP contribution in [0.15, 0.2) is 24.3 Å². The number of hydrogen-bond donors (Lipinski definition) is 0. The van der Waals surface area contributed by atoms with Crippen molar-refractivity contribution >= 4 is 24.7 Å². The average Bonchev–Trinajstić information content (AvgIpc) is 2.48. The molecule has 0 bridgehead atoms. The molecule has 22 heavy (non-hydrogen) atoms. The third-order valence-corrected chi connectivity index (χ3v) is 8.95. The van der Waals surface area contributed by atoms with Crippen molar-refractivity contribution < 1.29 is 13.3 Å². The zero-order valence-electron chi connectivity index (χ0n) is 14.4. The van der Waals surface area contributed by atoms with Gasteiger partial charge in [0.05, 0.1) is 0 Å². The Labute approximate surface area is 144 Å². The number of alkyl halides is 1. The van der Waals surface area contributed by atoms with Gasteiger partial charge >= 0.3 is 8.80 Å². The van der Waals surface area contributed by atoms with Crippen molar-refractivity contribution in [3.05, 3.63) is 35.4 Å². The van der Waals surface area contributed by atoms with E-state index in [0.717, 1.165) is 18.4 Å². The summed E-state index contributed by atoms with van der Waals surface area (Å²) in [6.07, 6.45) is 2.21. The van der Waals surface area contributed by atoms with Gasteiger partial charge in [-0.15, -0.1) is 0 Å². The minimum atomic E-state index is -2.89. The van der Waals surface area contributed by atoms with E-state index in [2.05, 4.69) is 54.0 Å². The van der Waals surface area contributed by atoms with Crippen LogP contribution in [-0.4, -0.2) is 28.6 Å². The summed E-state index contributed by atoms with van der Waals surface area (Å²) in [4.78, 5) is 0. The Kier molecular flexibility index (Phi) is 8.28. The molecular formula is C17H29BrO3Si. The maximum Gasteiger partial charge on any atom is 0.522 e. The van der Waals surface area contributed by atoms with Crippen LogP contribution >= 0.6 is 15.9 Å². The maximum atomic E-state index is 6.08. The fourth-order valence-corrected chi connectivity index (χ4v) is 6.58. The van der Waals surface area contributed by atoms with Gasteiger partial charge in [0.1, 0.15) is 3.95 Å². The van der Waals surface area contributed by atoms with E-state index >= 15 is 0 Å². The van der Waals surface area contributed by atoms with Crippen LogP contribution in [0.25, 0.3) is 0 Å². The third kappa shape index (κ3) is 4.42. The van der Waals surface area contributed by atoms with Gasteiger partial charge in [-0.05, 0) is 45.2 Å². The predicted molar refractivity (Wildman–Crippen MR) is 97.3 cm³/mol. The van der Waals surface area contributed by atoms with Gasteiger partial charge < -0.3 is 13.3 Å². The highest BCUT2D eigenvalue weighted by molar-refractivity contribution is 9.10. The minimum Gasteiger partial charge on any atom is -0.373 e. The summed E-state index contributed by atoms with van der Waals surface area (Å²) in [6, 6.07) is 8.62. The molecule has 0 aliphatic carbocycles. The zero-order chi connectivity index (χ0) is 16.6. The maximum absolute atomic E-state index is 6.08. The zero-order valence-corrected chi connectivity index (χ0v) is 17.0. The van der Waals surface area contributed by atoms with Crippen LogP contribution < -0.4 is 0 Å². The number of halogens is 1. The van der Waals surface area contributed by atoms with Crippen LogP contribution in [0.4, 0.5) is 0 Å². The lowest BCUT2D eigenvalue weighted by molar-refractivity contribution is 0.0600. The van der Waals surface area contributed by atoms with Crippen LogP contribution in [0, 0.1) is 0 Å². The molecule has 0 fully saturated rings. The van der Waals surface area contributed by atoms with Crippen LogP contribution in [0.5, 0.6) is 0 Å². The fourth-order valence-electron chi connectivity index (χ4n) is 2.59. The Morgan fingerprint density at radius 3 is 2.00 bits per heavy atom. The Bertz CT molecular complexity index is 434. The Hall–Kier alpha value is -0.203. The van der Waals surface area contributed by atoms with Gasteiger partial charge in [0.25, 0.3) is 0 Å². The van der Waals surface area contributed by atoms with Crippen LogP contribution in [0.3, 0.4) is 0 Å². The molecule has 0 radical (unpaired) electrons. The summed E-state index contributed by atoms with van der Waals surface area (Å²) in [5, 5.41) is 0. The monoisotopic (exact) mass is 388 g/mol. The summed E-state index contributed by atoms with van der Waals surface area (Å²) in [5.74, 6) is 0. The molecule has 1 aromatic rings. The normalized spacial score (nSPS) is 14.8. The first kappa shape index (κ1) is 19.8. The van der Waals surface area contributed by atoms with E-state index in [1.807, 2.05) is 20.8 Å².